The predicted molar refractivity (Wildman–Crippen MR) is 263 cm³/mol. The number of carboxylic acids is 3. The fraction of sp³-hybridized carbons (Fsp3) is 0.816. The SMILES string of the molecule is CCCCCNC(=O)CC[C@H](NC(=O)CC[C@H](NC(=O)COCCOCCNC(=O)COCCOCCNC(=O)CCCNC(=O)CCCCCCCCCCCCCCCCC(=O)O)C(=O)O)C(=O)O. The van der Waals surface area contributed by atoms with E-state index in [9.17, 15) is 53.4 Å². The van der Waals surface area contributed by atoms with E-state index in [1.807, 2.05) is 6.92 Å². The van der Waals surface area contributed by atoms with Crippen LogP contribution in [-0.4, -0.2) is 160 Å². The number of unbranched alkanes of at least 4 members (excludes halogenated alkanes) is 15. The highest BCUT2D eigenvalue weighted by molar-refractivity contribution is 5.87. The van der Waals surface area contributed by atoms with Gasteiger partial charge in [0.15, 0.2) is 0 Å². The van der Waals surface area contributed by atoms with Crippen LogP contribution in [0, 0.1) is 0 Å². The molecule has 410 valence electrons. The van der Waals surface area contributed by atoms with Gasteiger partial charge in [-0.25, -0.2) is 9.59 Å². The highest BCUT2D eigenvalue weighted by Crippen LogP contribution is 2.14. The zero-order valence-electron chi connectivity index (χ0n) is 42.5. The topological polar surface area (TPSA) is 323 Å². The van der Waals surface area contributed by atoms with E-state index in [4.69, 9.17) is 24.1 Å². The molecule has 0 aliphatic rings. The minimum Gasteiger partial charge on any atom is -0.481 e. The van der Waals surface area contributed by atoms with E-state index in [0.717, 1.165) is 57.8 Å². The molecule has 22 heteroatoms. The van der Waals surface area contributed by atoms with Crippen molar-refractivity contribution in [3.05, 3.63) is 0 Å². The van der Waals surface area contributed by atoms with Crippen LogP contribution in [-0.2, 0) is 62.1 Å². The van der Waals surface area contributed by atoms with Crippen molar-refractivity contribution in [2.75, 3.05) is 79.0 Å². The van der Waals surface area contributed by atoms with E-state index < -0.39 is 48.4 Å². The Hall–Kier alpha value is -4.93. The Bertz CT molecular complexity index is 1490. The van der Waals surface area contributed by atoms with Gasteiger partial charge in [-0.15, -0.1) is 0 Å². The van der Waals surface area contributed by atoms with Gasteiger partial charge in [0, 0.05) is 58.3 Å². The third-order valence-corrected chi connectivity index (χ3v) is 11.0. The number of nitrogens with one attached hydrogen (secondary N) is 6. The molecule has 0 aliphatic heterocycles. The lowest BCUT2D eigenvalue weighted by Crippen LogP contribution is -2.45. The van der Waals surface area contributed by atoms with Crippen LogP contribution in [0.1, 0.15) is 167 Å². The minimum atomic E-state index is -1.43. The van der Waals surface area contributed by atoms with Gasteiger partial charge in [0.1, 0.15) is 25.3 Å². The molecule has 6 amide bonds. The van der Waals surface area contributed by atoms with Gasteiger partial charge in [-0.2, -0.15) is 0 Å². The molecule has 0 aromatic rings. The Labute approximate surface area is 420 Å². The van der Waals surface area contributed by atoms with Gasteiger partial charge in [-0.05, 0) is 38.5 Å². The molecule has 0 heterocycles. The number of ether oxygens (including phenoxy) is 4. The quantitative estimate of drug-likeness (QED) is 0.0394. The van der Waals surface area contributed by atoms with Crippen molar-refractivity contribution in [2.45, 2.75) is 180 Å². The lowest BCUT2D eigenvalue weighted by atomic mass is 10.0. The first-order chi connectivity index (χ1) is 34.2. The molecule has 22 nitrogen and oxygen atoms in total. The molecule has 0 aromatic heterocycles. The largest absolute Gasteiger partial charge is 0.481 e. The molecule has 0 saturated carbocycles. The predicted octanol–water partition coefficient (Wildman–Crippen LogP) is 3.51. The highest BCUT2D eigenvalue weighted by atomic mass is 16.5. The molecule has 2 atom stereocenters. The smallest absolute Gasteiger partial charge is 0.326 e. The standard InChI is InChI=1S/C49H88N6O16/c1-2-3-18-27-50-43(58)25-23-39(48(64)65)54-44(59)26-24-40(49(66)67)55-46(61)38-71-36-34-69-32-30-53-45(60)37-70-35-33-68-31-29-52-42(57)21-19-28-51-41(56)20-16-14-12-10-8-6-4-5-7-9-11-13-15-17-22-47(62)63/h39-40H,2-38H2,1H3,(H,50,58)(H,51,56)(H,52,57)(H,53,60)(H,54,59)(H,55,61)(H,62,63)(H,64,65)(H,66,67)/t39-,40-/m0/s1. The summed E-state index contributed by atoms with van der Waals surface area (Å²) in [5.74, 6) is -5.75. The normalized spacial score (nSPS) is 11.8. The van der Waals surface area contributed by atoms with Crippen LogP contribution < -0.4 is 31.9 Å². The van der Waals surface area contributed by atoms with E-state index in [-0.39, 0.29) is 109 Å². The fourth-order valence-corrected chi connectivity index (χ4v) is 6.94. The van der Waals surface area contributed by atoms with Crippen LogP contribution in [0.15, 0.2) is 0 Å². The lowest BCUT2D eigenvalue weighted by Gasteiger charge is -2.17. The molecule has 0 spiro atoms. The number of amides is 6. The first kappa shape index (κ1) is 66.1. The molecule has 0 unspecified atom stereocenters. The van der Waals surface area contributed by atoms with Crippen LogP contribution in [0.4, 0.5) is 0 Å². The Morgan fingerprint density at radius 2 is 0.718 bits per heavy atom. The number of hydrogen-bond donors (Lipinski definition) is 9. The summed E-state index contributed by atoms with van der Waals surface area (Å²) in [5.41, 5.74) is 0. The molecule has 0 aromatic carbocycles. The Balaban J connectivity index is 3.73. The third kappa shape index (κ3) is 45.9. The molecule has 0 fully saturated rings. The van der Waals surface area contributed by atoms with Crippen molar-refractivity contribution in [3.63, 3.8) is 0 Å². The van der Waals surface area contributed by atoms with E-state index in [2.05, 4.69) is 31.9 Å². The van der Waals surface area contributed by atoms with Gasteiger partial charge >= 0.3 is 17.9 Å². The van der Waals surface area contributed by atoms with Crippen LogP contribution in [0.3, 0.4) is 0 Å². The minimum absolute atomic E-state index is 0.00541. The molecular weight excluding hydrogens is 929 g/mol. The zero-order valence-corrected chi connectivity index (χ0v) is 42.5. The second kappa shape index (κ2) is 47.4. The number of rotatable bonds is 51. The third-order valence-electron chi connectivity index (χ3n) is 11.0. The van der Waals surface area contributed by atoms with Crippen LogP contribution in [0.25, 0.3) is 0 Å². The zero-order chi connectivity index (χ0) is 52.6. The number of hydrogen-bond acceptors (Lipinski definition) is 13. The van der Waals surface area contributed by atoms with Crippen LogP contribution >= 0.6 is 0 Å². The maximum absolute atomic E-state index is 12.4. The number of carbonyl (C=O) groups excluding carboxylic acids is 6. The van der Waals surface area contributed by atoms with Gasteiger partial charge in [0.25, 0.3) is 0 Å². The molecule has 0 aliphatic carbocycles. The van der Waals surface area contributed by atoms with Crippen LogP contribution in [0.2, 0.25) is 0 Å². The summed E-state index contributed by atoms with van der Waals surface area (Å²) in [5, 5.41) is 43.1. The molecule has 0 rings (SSSR count). The maximum atomic E-state index is 12.4. The Morgan fingerprint density at radius 3 is 1.20 bits per heavy atom. The van der Waals surface area contributed by atoms with E-state index in [1.165, 1.54) is 51.4 Å². The van der Waals surface area contributed by atoms with Gasteiger partial charge in [0.05, 0.1) is 39.6 Å². The fourth-order valence-electron chi connectivity index (χ4n) is 6.94. The summed E-state index contributed by atoms with van der Waals surface area (Å²) in [6.07, 6.45) is 19.2. The van der Waals surface area contributed by atoms with E-state index >= 15 is 0 Å². The van der Waals surface area contributed by atoms with Crippen molar-refractivity contribution in [3.8, 4) is 0 Å². The number of aliphatic carboxylic acids is 3. The van der Waals surface area contributed by atoms with Crippen molar-refractivity contribution in [1.29, 1.82) is 0 Å². The second-order valence-electron chi connectivity index (χ2n) is 17.4. The number of carboxylic acid groups (broad SMARTS) is 3. The Kier molecular flexibility index (Phi) is 44.1. The average molecular weight is 1020 g/mol. The van der Waals surface area contributed by atoms with Gasteiger partial charge in [-0.1, -0.05) is 96.8 Å². The van der Waals surface area contributed by atoms with E-state index in [0.29, 0.717) is 38.9 Å². The molecule has 9 N–H and O–H groups in total. The first-order valence-electron chi connectivity index (χ1n) is 25.9. The summed E-state index contributed by atoms with van der Waals surface area (Å²) in [6.45, 7) is 3.67. The number of carbonyl (C=O) groups is 9. The van der Waals surface area contributed by atoms with Crippen LogP contribution in [0.5, 0.6) is 0 Å². The molecule has 71 heavy (non-hydrogen) atoms. The molecular formula is C49H88N6O16. The van der Waals surface area contributed by atoms with Crippen molar-refractivity contribution in [1.82, 2.24) is 31.9 Å². The maximum Gasteiger partial charge on any atom is 0.326 e. The van der Waals surface area contributed by atoms with E-state index in [1.54, 1.807) is 0 Å². The summed E-state index contributed by atoms with van der Waals surface area (Å²) in [4.78, 5) is 106. The first-order valence-corrected chi connectivity index (χ1v) is 25.9. The average Bonchev–Trinajstić information content (AvgIpc) is 3.33. The molecule has 0 radical (unpaired) electrons. The molecule has 0 saturated heterocycles. The molecule has 0 bridgehead atoms. The van der Waals surface area contributed by atoms with Crippen molar-refractivity contribution < 1.29 is 77.4 Å². The second-order valence-corrected chi connectivity index (χ2v) is 17.4. The summed E-state index contributed by atoms with van der Waals surface area (Å²) < 4.78 is 21.3. The summed E-state index contributed by atoms with van der Waals surface area (Å²) in [7, 11) is 0. The Morgan fingerprint density at radius 1 is 0.352 bits per heavy atom. The van der Waals surface area contributed by atoms with Gasteiger partial charge in [0.2, 0.25) is 35.4 Å². The van der Waals surface area contributed by atoms with Crippen molar-refractivity contribution in [2.24, 2.45) is 0 Å². The summed E-state index contributed by atoms with van der Waals surface area (Å²) in [6, 6.07) is -2.77. The van der Waals surface area contributed by atoms with Gasteiger partial charge in [-0.3, -0.25) is 33.6 Å². The van der Waals surface area contributed by atoms with Crippen molar-refractivity contribution >= 4 is 53.4 Å². The highest BCUT2D eigenvalue weighted by Gasteiger charge is 2.24. The monoisotopic (exact) mass is 1020 g/mol. The van der Waals surface area contributed by atoms with Gasteiger partial charge < -0.3 is 66.2 Å². The summed E-state index contributed by atoms with van der Waals surface area (Å²) >= 11 is 0. The lowest BCUT2D eigenvalue weighted by molar-refractivity contribution is -0.144.